The summed E-state index contributed by atoms with van der Waals surface area (Å²) in [6, 6.07) is 6.89. The van der Waals surface area contributed by atoms with Gasteiger partial charge in [0.25, 0.3) is 0 Å². The fourth-order valence-electron chi connectivity index (χ4n) is 1.90. The van der Waals surface area contributed by atoms with Gasteiger partial charge in [-0.2, -0.15) is 0 Å². The zero-order valence-electron chi connectivity index (χ0n) is 10.9. The van der Waals surface area contributed by atoms with Crippen LogP contribution in [-0.2, 0) is 6.54 Å². The molecular formula is C14H18IN3. The molecule has 0 aliphatic rings. The molecule has 96 valence electrons. The molecule has 18 heavy (non-hydrogen) atoms. The van der Waals surface area contributed by atoms with E-state index in [0.29, 0.717) is 6.04 Å². The molecule has 0 fully saturated rings. The maximum atomic E-state index is 4.22. The van der Waals surface area contributed by atoms with E-state index in [2.05, 4.69) is 76.4 Å². The Labute approximate surface area is 122 Å². The first-order chi connectivity index (χ1) is 8.58. The Morgan fingerprint density at radius 2 is 2.17 bits per heavy atom. The van der Waals surface area contributed by atoms with E-state index in [9.17, 15) is 0 Å². The van der Waals surface area contributed by atoms with E-state index in [4.69, 9.17) is 0 Å². The Kier molecular flexibility index (Phi) is 4.27. The highest BCUT2D eigenvalue weighted by Gasteiger charge is 2.06. The van der Waals surface area contributed by atoms with E-state index in [0.717, 1.165) is 6.54 Å². The second kappa shape index (κ2) is 5.73. The quantitative estimate of drug-likeness (QED) is 0.841. The normalized spacial score (nSPS) is 10.9. The molecule has 0 radical (unpaired) electrons. The number of benzene rings is 1. The number of hydrogen-bond acceptors (Lipinski definition) is 2. The molecule has 0 saturated heterocycles. The van der Waals surface area contributed by atoms with Crippen LogP contribution in [0.3, 0.4) is 0 Å². The first kappa shape index (κ1) is 13.4. The lowest BCUT2D eigenvalue weighted by atomic mass is 10.2. The van der Waals surface area contributed by atoms with Crippen LogP contribution < -0.4 is 5.32 Å². The molecule has 2 aromatic rings. The summed E-state index contributed by atoms with van der Waals surface area (Å²) in [5.74, 6) is 0. The molecule has 0 bridgehead atoms. The monoisotopic (exact) mass is 355 g/mol. The van der Waals surface area contributed by atoms with Gasteiger partial charge in [-0.1, -0.05) is 6.07 Å². The van der Waals surface area contributed by atoms with Crippen molar-refractivity contribution < 1.29 is 0 Å². The third-order valence-corrected chi connectivity index (χ3v) is 3.63. The van der Waals surface area contributed by atoms with Crippen molar-refractivity contribution in [2.24, 2.45) is 0 Å². The molecule has 1 aromatic heterocycles. The summed E-state index contributed by atoms with van der Waals surface area (Å²) >= 11 is 2.34. The number of imidazole rings is 1. The minimum absolute atomic E-state index is 0.446. The maximum absolute atomic E-state index is 4.22. The average Bonchev–Trinajstić information content (AvgIpc) is 2.79. The smallest absolute Gasteiger partial charge is 0.0951 e. The van der Waals surface area contributed by atoms with Crippen molar-refractivity contribution >= 4 is 28.3 Å². The molecule has 1 N–H and O–H groups in total. The van der Waals surface area contributed by atoms with Crippen LogP contribution in [0.15, 0.2) is 30.7 Å². The lowest BCUT2D eigenvalue weighted by Gasteiger charge is -2.14. The second-order valence-corrected chi connectivity index (χ2v) is 5.94. The van der Waals surface area contributed by atoms with Crippen molar-refractivity contribution in [1.29, 1.82) is 0 Å². The second-order valence-electron chi connectivity index (χ2n) is 4.70. The van der Waals surface area contributed by atoms with E-state index in [-0.39, 0.29) is 0 Å². The fourth-order valence-corrected chi connectivity index (χ4v) is 2.40. The summed E-state index contributed by atoms with van der Waals surface area (Å²) in [6.07, 6.45) is 3.82. The van der Waals surface area contributed by atoms with E-state index in [1.165, 1.54) is 20.5 Å². The van der Waals surface area contributed by atoms with Crippen LogP contribution in [0.25, 0.3) is 0 Å². The molecule has 0 aliphatic heterocycles. The van der Waals surface area contributed by atoms with E-state index in [1.54, 1.807) is 0 Å². The van der Waals surface area contributed by atoms with Crippen LogP contribution in [-0.4, -0.2) is 9.55 Å². The van der Waals surface area contributed by atoms with Gasteiger partial charge in [-0.3, -0.25) is 0 Å². The molecule has 0 unspecified atom stereocenters. The highest BCUT2D eigenvalue weighted by molar-refractivity contribution is 14.1. The van der Waals surface area contributed by atoms with Crippen molar-refractivity contribution in [3.63, 3.8) is 0 Å². The number of aromatic nitrogens is 2. The van der Waals surface area contributed by atoms with Gasteiger partial charge in [0.2, 0.25) is 0 Å². The zero-order valence-corrected chi connectivity index (χ0v) is 13.1. The van der Waals surface area contributed by atoms with Crippen molar-refractivity contribution in [3.05, 3.63) is 45.6 Å². The lowest BCUT2D eigenvalue weighted by Crippen LogP contribution is -2.09. The molecule has 0 spiro atoms. The molecule has 1 aromatic carbocycles. The van der Waals surface area contributed by atoms with Crippen LogP contribution in [0, 0.1) is 10.5 Å². The minimum atomic E-state index is 0.446. The summed E-state index contributed by atoms with van der Waals surface area (Å²) < 4.78 is 3.44. The number of rotatable bonds is 4. The average molecular weight is 355 g/mol. The Bertz CT molecular complexity index is 532. The zero-order chi connectivity index (χ0) is 13.1. The lowest BCUT2D eigenvalue weighted by molar-refractivity contribution is 0.577. The first-order valence-corrected chi connectivity index (χ1v) is 7.16. The Morgan fingerprint density at radius 3 is 2.89 bits per heavy atom. The molecule has 4 heteroatoms. The van der Waals surface area contributed by atoms with Crippen molar-refractivity contribution in [2.75, 3.05) is 5.32 Å². The SMILES string of the molecule is Cc1ccc(I)cc1NCc1cncn1C(C)C. The first-order valence-electron chi connectivity index (χ1n) is 6.08. The number of hydrogen-bond donors (Lipinski definition) is 1. The van der Waals surface area contributed by atoms with E-state index < -0.39 is 0 Å². The Hall–Kier alpha value is -1.04. The topological polar surface area (TPSA) is 29.9 Å². The van der Waals surface area contributed by atoms with Gasteiger partial charge in [0, 0.05) is 21.5 Å². The number of anilines is 1. The van der Waals surface area contributed by atoms with Crippen molar-refractivity contribution in [2.45, 2.75) is 33.4 Å². The van der Waals surface area contributed by atoms with Gasteiger partial charge < -0.3 is 9.88 Å². The number of halogens is 1. The van der Waals surface area contributed by atoms with Gasteiger partial charge in [0.05, 0.1) is 18.6 Å². The molecule has 2 rings (SSSR count). The number of nitrogens with zero attached hydrogens (tertiary/aromatic N) is 2. The minimum Gasteiger partial charge on any atom is -0.379 e. The summed E-state index contributed by atoms with van der Waals surface area (Å²) in [5.41, 5.74) is 3.67. The molecule has 0 atom stereocenters. The molecular weight excluding hydrogens is 337 g/mol. The summed E-state index contributed by atoms with van der Waals surface area (Å²) in [4.78, 5) is 4.22. The van der Waals surface area contributed by atoms with Gasteiger partial charge in [-0.15, -0.1) is 0 Å². The maximum Gasteiger partial charge on any atom is 0.0951 e. The highest BCUT2D eigenvalue weighted by atomic mass is 127. The molecule has 0 aliphatic carbocycles. The Morgan fingerprint density at radius 1 is 1.39 bits per heavy atom. The van der Waals surface area contributed by atoms with Gasteiger partial charge >= 0.3 is 0 Å². The van der Waals surface area contributed by atoms with Crippen molar-refractivity contribution in [1.82, 2.24) is 9.55 Å². The third-order valence-electron chi connectivity index (χ3n) is 2.96. The summed E-state index contributed by atoms with van der Waals surface area (Å²) in [5, 5.41) is 3.49. The van der Waals surface area contributed by atoms with Crippen molar-refractivity contribution in [3.8, 4) is 0 Å². The summed E-state index contributed by atoms with van der Waals surface area (Å²) in [6.45, 7) is 7.26. The van der Waals surface area contributed by atoms with Gasteiger partial charge in [0.1, 0.15) is 0 Å². The molecule has 0 amide bonds. The van der Waals surface area contributed by atoms with Crippen LogP contribution in [0.5, 0.6) is 0 Å². The van der Waals surface area contributed by atoms with Crippen LogP contribution in [0.2, 0.25) is 0 Å². The third kappa shape index (κ3) is 3.04. The fraction of sp³-hybridized carbons (Fsp3) is 0.357. The molecule has 3 nitrogen and oxygen atoms in total. The van der Waals surface area contributed by atoms with Crippen LogP contribution >= 0.6 is 22.6 Å². The number of nitrogens with one attached hydrogen (secondary N) is 1. The van der Waals surface area contributed by atoms with Crippen LogP contribution in [0.4, 0.5) is 5.69 Å². The molecule has 0 saturated carbocycles. The predicted octanol–water partition coefficient (Wildman–Crippen LogP) is 3.99. The largest absolute Gasteiger partial charge is 0.379 e. The van der Waals surface area contributed by atoms with Gasteiger partial charge in [0.15, 0.2) is 0 Å². The van der Waals surface area contributed by atoms with Crippen LogP contribution in [0.1, 0.15) is 31.1 Å². The van der Waals surface area contributed by atoms with E-state index in [1.807, 2.05) is 12.5 Å². The van der Waals surface area contributed by atoms with E-state index >= 15 is 0 Å². The Balaban J connectivity index is 2.11. The number of aryl methyl sites for hydroxylation is 1. The summed E-state index contributed by atoms with van der Waals surface area (Å²) in [7, 11) is 0. The van der Waals surface area contributed by atoms with Gasteiger partial charge in [-0.05, 0) is 61.1 Å². The predicted molar refractivity (Wildman–Crippen MR) is 83.8 cm³/mol. The standard InChI is InChI=1S/C14H18IN3/c1-10(2)18-9-16-7-13(18)8-17-14-6-12(15)5-4-11(14)3/h4-7,9-10,17H,8H2,1-3H3. The molecule has 1 heterocycles. The highest BCUT2D eigenvalue weighted by Crippen LogP contribution is 2.19. The van der Waals surface area contributed by atoms with Gasteiger partial charge in [-0.25, -0.2) is 4.98 Å².